The molecule has 1 aromatic heterocycles. The molecule has 4 rings (SSSR count). The van der Waals surface area contributed by atoms with Crippen LogP contribution in [0.25, 0.3) is 16.6 Å². The van der Waals surface area contributed by atoms with Gasteiger partial charge in [0.1, 0.15) is 11.6 Å². The number of hydrogen-bond acceptors (Lipinski definition) is 4. The van der Waals surface area contributed by atoms with E-state index in [9.17, 15) is 9.59 Å². The molecule has 0 unspecified atom stereocenters. The lowest BCUT2D eigenvalue weighted by atomic mass is 10.1. The number of methoxy groups -OCH3 is 1. The predicted octanol–water partition coefficient (Wildman–Crippen LogP) is 4.27. The second kappa shape index (κ2) is 8.83. The third kappa shape index (κ3) is 4.48. The van der Waals surface area contributed by atoms with Gasteiger partial charge < -0.3 is 10.1 Å². The molecule has 1 N–H and O–H groups in total. The van der Waals surface area contributed by atoms with Crippen molar-refractivity contribution in [2.45, 2.75) is 19.8 Å². The quantitative estimate of drug-likeness (QED) is 0.512. The second-order valence-electron chi connectivity index (χ2n) is 7.26. The summed E-state index contributed by atoms with van der Waals surface area (Å²) in [7, 11) is 1.62. The van der Waals surface area contributed by atoms with Crippen LogP contribution in [-0.2, 0) is 11.2 Å². The number of carbonyl (C=O) groups is 1. The number of nitrogens with zero attached hydrogens (tertiary/aromatic N) is 2. The number of hydrogen-bond donors (Lipinski definition) is 1. The molecular formula is C25H23N3O3. The summed E-state index contributed by atoms with van der Waals surface area (Å²) < 4.78 is 6.80. The highest BCUT2D eigenvalue weighted by molar-refractivity contribution is 5.91. The third-order valence-corrected chi connectivity index (χ3v) is 5.13. The zero-order valence-electron chi connectivity index (χ0n) is 17.5. The van der Waals surface area contributed by atoms with E-state index in [1.807, 2.05) is 61.5 Å². The molecule has 1 amide bonds. The van der Waals surface area contributed by atoms with Gasteiger partial charge in [-0.25, -0.2) is 4.98 Å². The van der Waals surface area contributed by atoms with E-state index in [1.54, 1.807) is 29.9 Å². The molecule has 0 aliphatic heterocycles. The van der Waals surface area contributed by atoms with Crippen LogP contribution in [0.2, 0.25) is 0 Å². The van der Waals surface area contributed by atoms with Gasteiger partial charge in [0, 0.05) is 12.1 Å². The molecule has 3 aromatic carbocycles. The summed E-state index contributed by atoms with van der Waals surface area (Å²) in [5.74, 6) is 1.32. The number of fused-ring (bicyclic) bond motifs is 1. The Morgan fingerprint density at radius 1 is 1.03 bits per heavy atom. The fraction of sp³-hybridized carbons (Fsp3) is 0.160. The first-order valence-corrected chi connectivity index (χ1v) is 10.1. The average Bonchev–Trinajstić information content (AvgIpc) is 2.79. The lowest BCUT2D eigenvalue weighted by Crippen LogP contribution is -2.22. The van der Waals surface area contributed by atoms with Crippen molar-refractivity contribution < 1.29 is 9.53 Å². The number of para-hydroxylation sites is 1. The highest BCUT2D eigenvalue weighted by Crippen LogP contribution is 2.17. The Bertz CT molecular complexity index is 1290. The molecule has 6 nitrogen and oxygen atoms in total. The van der Waals surface area contributed by atoms with Crippen LogP contribution in [0.15, 0.2) is 77.6 Å². The van der Waals surface area contributed by atoms with Crippen molar-refractivity contribution in [3.05, 3.63) is 94.5 Å². The number of benzene rings is 3. The van der Waals surface area contributed by atoms with Crippen LogP contribution >= 0.6 is 0 Å². The normalized spacial score (nSPS) is 10.8. The maximum absolute atomic E-state index is 12.9. The molecule has 0 aliphatic rings. The van der Waals surface area contributed by atoms with Gasteiger partial charge in [0.25, 0.3) is 5.56 Å². The molecule has 6 heteroatoms. The first kappa shape index (κ1) is 20.3. The monoisotopic (exact) mass is 413 g/mol. The van der Waals surface area contributed by atoms with E-state index in [4.69, 9.17) is 4.74 Å². The smallest absolute Gasteiger partial charge is 0.265 e. The van der Waals surface area contributed by atoms with Gasteiger partial charge >= 0.3 is 0 Å². The fourth-order valence-corrected chi connectivity index (χ4v) is 3.55. The van der Waals surface area contributed by atoms with Crippen molar-refractivity contribution in [1.82, 2.24) is 9.55 Å². The molecule has 0 bridgehead atoms. The Morgan fingerprint density at radius 3 is 2.58 bits per heavy atom. The van der Waals surface area contributed by atoms with Crippen molar-refractivity contribution in [3.8, 4) is 11.4 Å². The molecule has 1 heterocycles. The van der Waals surface area contributed by atoms with E-state index in [1.165, 1.54) is 0 Å². The number of rotatable bonds is 6. The number of anilines is 1. The van der Waals surface area contributed by atoms with Crippen molar-refractivity contribution >= 4 is 22.5 Å². The van der Waals surface area contributed by atoms with Crippen LogP contribution in [0.3, 0.4) is 0 Å². The maximum Gasteiger partial charge on any atom is 0.265 e. The number of nitrogens with one attached hydrogen (secondary N) is 1. The summed E-state index contributed by atoms with van der Waals surface area (Å²) in [5.41, 5.74) is 3.00. The zero-order chi connectivity index (χ0) is 21.8. The molecule has 0 saturated carbocycles. The SMILES string of the molecule is COc1cccc(CCC(=O)Nc2ccc(-n3c(C)nc4ccccc4c3=O)cc2)c1. The third-order valence-electron chi connectivity index (χ3n) is 5.13. The number of ether oxygens (including phenoxy) is 1. The van der Waals surface area contributed by atoms with Gasteiger partial charge in [0.05, 0.1) is 23.7 Å². The van der Waals surface area contributed by atoms with Crippen LogP contribution in [0.5, 0.6) is 5.75 Å². The van der Waals surface area contributed by atoms with Crippen molar-refractivity contribution in [1.29, 1.82) is 0 Å². The molecule has 0 aliphatic carbocycles. The molecule has 0 fully saturated rings. The standard InChI is InChI=1S/C25H23N3O3/c1-17-26-23-9-4-3-8-22(23)25(30)28(17)20-13-11-19(12-14-20)27-24(29)15-10-18-6-5-7-21(16-18)31-2/h3-9,11-14,16H,10,15H2,1-2H3,(H,27,29). The lowest BCUT2D eigenvalue weighted by Gasteiger charge is -2.12. The molecular weight excluding hydrogens is 390 g/mol. The van der Waals surface area contributed by atoms with E-state index in [-0.39, 0.29) is 11.5 Å². The minimum absolute atomic E-state index is 0.0729. The van der Waals surface area contributed by atoms with E-state index >= 15 is 0 Å². The van der Waals surface area contributed by atoms with Crippen molar-refractivity contribution in [2.75, 3.05) is 12.4 Å². The summed E-state index contributed by atoms with van der Waals surface area (Å²) in [6.45, 7) is 1.81. The number of amides is 1. The molecule has 31 heavy (non-hydrogen) atoms. The number of aromatic nitrogens is 2. The molecule has 0 radical (unpaired) electrons. The summed E-state index contributed by atoms with van der Waals surface area (Å²) in [6, 6.07) is 22.2. The Morgan fingerprint density at radius 2 is 1.81 bits per heavy atom. The molecule has 156 valence electrons. The first-order valence-electron chi connectivity index (χ1n) is 10.1. The van der Waals surface area contributed by atoms with Gasteiger partial charge in [-0.1, -0.05) is 24.3 Å². The van der Waals surface area contributed by atoms with E-state index in [2.05, 4.69) is 10.3 Å². The van der Waals surface area contributed by atoms with Crippen LogP contribution < -0.4 is 15.6 Å². The number of aryl methyl sites for hydroxylation is 2. The highest BCUT2D eigenvalue weighted by atomic mass is 16.5. The summed E-state index contributed by atoms with van der Waals surface area (Å²) in [4.78, 5) is 29.8. The predicted molar refractivity (Wildman–Crippen MR) is 122 cm³/mol. The van der Waals surface area contributed by atoms with Crippen LogP contribution in [0.4, 0.5) is 5.69 Å². The Hall–Kier alpha value is -3.93. The van der Waals surface area contributed by atoms with Crippen molar-refractivity contribution in [3.63, 3.8) is 0 Å². The second-order valence-corrected chi connectivity index (χ2v) is 7.26. The van der Waals surface area contributed by atoms with Gasteiger partial charge in [0.2, 0.25) is 5.91 Å². The highest BCUT2D eigenvalue weighted by Gasteiger charge is 2.10. The minimum atomic E-state index is -0.113. The zero-order valence-corrected chi connectivity index (χ0v) is 17.5. The summed E-state index contributed by atoms with van der Waals surface area (Å²) in [5, 5.41) is 3.48. The van der Waals surface area contributed by atoms with Crippen LogP contribution in [0, 0.1) is 6.92 Å². The lowest BCUT2D eigenvalue weighted by molar-refractivity contribution is -0.116. The Labute approximate surface area is 180 Å². The van der Waals surface area contributed by atoms with Gasteiger partial charge in [0.15, 0.2) is 0 Å². The van der Waals surface area contributed by atoms with E-state index < -0.39 is 0 Å². The van der Waals surface area contributed by atoms with Gasteiger partial charge in [-0.2, -0.15) is 0 Å². The van der Waals surface area contributed by atoms with E-state index in [0.717, 1.165) is 11.3 Å². The summed E-state index contributed by atoms with van der Waals surface area (Å²) in [6.07, 6.45) is 0.987. The topological polar surface area (TPSA) is 73.2 Å². The molecule has 0 spiro atoms. The largest absolute Gasteiger partial charge is 0.497 e. The van der Waals surface area contributed by atoms with Gasteiger partial charge in [-0.05, 0) is 67.4 Å². The molecule has 0 saturated heterocycles. The van der Waals surface area contributed by atoms with Crippen molar-refractivity contribution in [2.24, 2.45) is 0 Å². The Balaban J connectivity index is 1.47. The molecule has 4 aromatic rings. The average molecular weight is 413 g/mol. The van der Waals surface area contributed by atoms with E-state index in [0.29, 0.717) is 40.9 Å². The Kier molecular flexibility index (Phi) is 5.80. The minimum Gasteiger partial charge on any atom is -0.497 e. The fourth-order valence-electron chi connectivity index (χ4n) is 3.55. The van der Waals surface area contributed by atoms with Crippen LogP contribution in [0.1, 0.15) is 17.8 Å². The van der Waals surface area contributed by atoms with Gasteiger partial charge in [-0.15, -0.1) is 0 Å². The maximum atomic E-state index is 12.9. The van der Waals surface area contributed by atoms with Crippen LogP contribution in [-0.4, -0.2) is 22.6 Å². The van der Waals surface area contributed by atoms with Gasteiger partial charge in [-0.3, -0.25) is 14.2 Å². The number of carbonyl (C=O) groups excluding carboxylic acids is 1. The summed E-state index contributed by atoms with van der Waals surface area (Å²) >= 11 is 0. The first-order chi connectivity index (χ1) is 15.0. The molecule has 0 atom stereocenters.